The van der Waals surface area contributed by atoms with E-state index in [0.29, 0.717) is 12.8 Å². The van der Waals surface area contributed by atoms with Crippen LogP contribution in [0.15, 0.2) is 158 Å². The molecular formula is C77H125NO13. The van der Waals surface area contributed by atoms with E-state index in [0.717, 1.165) is 128 Å². The number of rotatable bonds is 55. The summed E-state index contributed by atoms with van der Waals surface area (Å²) >= 11 is 0. The number of carbonyl (C=O) groups excluding carboxylic acids is 1. The number of aliphatic hydroxyl groups is 8. The third-order valence-electron chi connectivity index (χ3n) is 15.9. The minimum absolute atomic E-state index is 0.242. The van der Waals surface area contributed by atoms with E-state index in [2.05, 4.69) is 165 Å². The fourth-order valence-electron chi connectivity index (χ4n) is 10.4. The maximum absolute atomic E-state index is 13.3. The van der Waals surface area contributed by atoms with E-state index in [1.54, 1.807) is 6.08 Å². The average Bonchev–Trinajstić information content (AvgIpc) is 1.04. The highest BCUT2D eigenvalue weighted by Crippen LogP contribution is 2.30. The number of ether oxygens (including phenoxy) is 4. The first-order valence-corrected chi connectivity index (χ1v) is 35.2. The molecule has 2 fully saturated rings. The zero-order chi connectivity index (χ0) is 65.9. The maximum Gasteiger partial charge on any atom is 0.220 e. The van der Waals surface area contributed by atoms with Crippen LogP contribution in [0.25, 0.3) is 0 Å². The molecule has 0 radical (unpaired) electrons. The molecule has 2 heterocycles. The van der Waals surface area contributed by atoms with Crippen molar-refractivity contribution in [1.29, 1.82) is 0 Å². The molecule has 12 atom stereocenters. The van der Waals surface area contributed by atoms with E-state index in [4.69, 9.17) is 18.9 Å². The molecule has 9 N–H and O–H groups in total. The van der Waals surface area contributed by atoms with E-state index < -0.39 is 86.8 Å². The Morgan fingerprint density at radius 3 is 1.21 bits per heavy atom. The molecule has 14 nitrogen and oxygen atoms in total. The molecular weight excluding hydrogens is 1150 g/mol. The average molecular weight is 1270 g/mol. The fourth-order valence-corrected chi connectivity index (χ4v) is 10.4. The quantitative estimate of drug-likeness (QED) is 0.0204. The van der Waals surface area contributed by atoms with E-state index in [9.17, 15) is 45.6 Å². The normalized spacial score (nSPS) is 23.8. The van der Waals surface area contributed by atoms with Crippen molar-refractivity contribution in [3.8, 4) is 0 Å². The van der Waals surface area contributed by atoms with Crippen LogP contribution in [-0.4, -0.2) is 140 Å². The summed E-state index contributed by atoms with van der Waals surface area (Å²) < 4.78 is 22.8. The topological polar surface area (TPSA) is 228 Å². The second kappa shape index (κ2) is 59.4. The largest absolute Gasteiger partial charge is 0.394 e. The number of hydrogen-bond donors (Lipinski definition) is 9. The van der Waals surface area contributed by atoms with Gasteiger partial charge >= 0.3 is 0 Å². The number of unbranched alkanes of at least 4 members (excludes halogenated alkanes) is 18. The first kappa shape index (κ1) is 82.7. The highest BCUT2D eigenvalue weighted by atomic mass is 16.7. The lowest BCUT2D eigenvalue weighted by Gasteiger charge is -2.46. The van der Waals surface area contributed by atoms with Crippen molar-refractivity contribution in [2.45, 2.75) is 299 Å². The summed E-state index contributed by atoms with van der Waals surface area (Å²) in [6, 6.07) is -0.959. The number of carbonyl (C=O) groups is 1. The van der Waals surface area contributed by atoms with Crippen LogP contribution in [0.5, 0.6) is 0 Å². The first-order valence-electron chi connectivity index (χ1n) is 35.2. The van der Waals surface area contributed by atoms with Crippen LogP contribution in [0.1, 0.15) is 226 Å². The number of nitrogens with one attached hydrogen (secondary N) is 1. The van der Waals surface area contributed by atoms with Crippen LogP contribution in [-0.2, 0) is 23.7 Å². The number of hydrogen-bond acceptors (Lipinski definition) is 13. The summed E-state index contributed by atoms with van der Waals surface area (Å²) in [7, 11) is 0. The van der Waals surface area contributed by atoms with Gasteiger partial charge in [0.2, 0.25) is 5.91 Å². The van der Waals surface area contributed by atoms with Crippen LogP contribution in [0.2, 0.25) is 0 Å². The van der Waals surface area contributed by atoms with Gasteiger partial charge < -0.3 is 65.1 Å². The Morgan fingerprint density at radius 1 is 0.407 bits per heavy atom. The van der Waals surface area contributed by atoms with Crippen molar-refractivity contribution >= 4 is 5.91 Å². The molecule has 1 amide bonds. The summed E-state index contributed by atoms with van der Waals surface area (Å²) in [4.78, 5) is 13.3. The van der Waals surface area contributed by atoms with E-state index in [-0.39, 0.29) is 18.9 Å². The molecule has 0 spiro atoms. The van der Waals surface area contributed by atoms with Crippen LogP contribution in [0.4, 0.5) is 0 Å². The zero-order valence-electron chi connectivity index (χ0n) is 56.0. The number of amides is 1. The number of allylic oxidation sites excluding steroid dienone is 25. The second-order valence-corrected chi connectivity index (χ2v) is 23.9. The Kier molecular flexibility index (Phi) is 53.9. The van der Waals surface area contributed by atoms with Crippen molar-refractivity contribution in [2.75, 3.05) is 19.8 Å². The van der Waals surface area contributed by atoms with Gasteiger partial charge in [0.05, 0.1) is 32.0 Å². The molecule has 2 saturated heterocycles. The van der Waals surface area contributed by atoms with Gasteiger partial charge in [0.25, 0.3) is 0 Å². The molecule has 0 aromatic heterocycles. The highest BCUT2D eigenvalue weighted by molar-refractivity contribution is 5.76. The SMILES string of the molecule is CC/C=C\C/C=C\C/C=C\C/C=C\C/C=C\C/C=C\C/C=C\C/C=C\C/C=C\C/C=C\CCCCCCCCC(=O)NC(COC1OC(CO)C(OC2OC(CO)C(O)C(O)C2O)C(O)C1O)C(O)/C=C/CC/C=C/CC/C=C/CCCCCCCCCCCC. The molecule has 2 rings (SSSR count). The van der Waals surface area contributed by atoms with Crippen molar-refractivity contribution < 1.29 is 64.6 Å². The fraction of sp³-hybridized carbons (Fsp3) is 0.649. The third kappa shape index (κ3) is 43.3. The van der Waals surface area contributed by atoms with Gasteiger partial charge in [-0.3, -0.25) is 4.79 Å². The van der Waals surface area contributed by atoms with E-state index in [1.807, 2.05) is 6.08 Å². The molecule has 0 aromatic rings. The summed E-state index contributed by atoms with van der Waals surface area (Å²) in [5.74, 6) is -0.274. The monoisotopic (exact) mass is 1270 g/mol. The molecule has 2 aliphatic heterocycles. The van der Waals surface area contributed by atoms with Crippen LogP contribution in [0, 0.1) is 0 Å². The van der Waals surface area contributed by atoms with Gasteiger partial charge in [-0.2, -0.15) is 0 Å². The summed E-state index contributed by atoms with van der Waals surface area (Å²) in [6.07, 6.45) is 74.3. The summed E-state index contributed by atoms with van der Waals surface area (Å²) in [5, 5.41) is 87.3. The van der Waals surface area contributed by atoms with Gasteiger partial charge in [-0.1, -0.05) is 255 Å². The van der Waals surface area contributed by atoms with Gasteiger partial charge in [0.1, 0.15) is 48.8 Å². The molecule has 0 aliphatic carbocycles. The van der Waals surface area contributed by atoms with Crippen molar-refractivity contribution in [1.82, 2.24) is 5.32 Å². The minimum atomic E-state index is -1.80. The molecule has 91 heavy (non-hydrogen) atoms. The van der Waals surface area contributed by atoms with Crippen molar-refractivity contribution in [2.24, 2.45) is 0 Å². The lowest BCUT2D eigenvalue weighted by molar-refractivity contribution is -0.359. The molecule has 14 heteroatoms. The van der Waals surface area contributed by atoms with Gasteiger partial charge in [-0.25, -0.2) is 0 Å². The van der Waals surface area contributed by atoms with Gasteiger partial charge in [0, 0.05) is 6.42 Å². The van der Waals surface area contributed by atoms with Gasteiger partial charge in [-0.05, 0) is 122 Å². The smallest absolute Gasteiger partial charge is 0.220 e. The van der Waals surface area contributed by atoms with E-state index >= 15 is 0 Å². The molecule has 0 saturated carbocycles. The van der Waals surface area contributed by atoms with Crippen molar-refractivity contribution in [3.05, 3.63) is 158 Å². The van der Waals surface area contributed by atoms with Gasteiger partial charge in [-0.15, -0.1) is 0 Å². The van der Waals surface area contributed by atoms with Crippen molar-refractivity contribution in [3.63, 3.8) is 0 Å². The maximum atomic E-state index is 13.3. The first-order chi connectivity index (χ1) is 44.6. The highest BCUT2D eigenvalue weighted by Gasteiger charge is 2.51. The second-order valence-electron chi connectivity index (χ2n) is 23.9. The Labute approximate surface area is 550 Å². The molecule has 516 valence electrons. The Hall–Kier alpha value is -4.39. The zero-order valence-corrected chi connectivity index (χ0v) is 56.0. The predicted molar refractivity (Wildman–Crippen MR) is 373 cm³/mol. The molecule has 0 aromatic carbocycles. The lowest BCUT2D eigenvalue weighted by Crippen LogP contribution is -2.65. The Balaban J connectivity index is 1.70. The predicted octanol–water partition coefficient (Wildman–Crippen LogP) is 14.6. The molecule has 2 aliphatic rings. The Morgan fingerprint density at radius 2 is 0.769 bits per heavy atom. The molecule has 0 bridgehead atoms. The van der Waals surface area contributed by atoms with Gasteiger partial charge in [0.15, 0.2) is 12.6 Å². The Bertz CT molecular complexity index is 2140. The third-order valence-corrected chi connectivity index (χ3v) is 15.9. The minimum Gasteiger partial charge on any atom is -0.394 e. The lowest BCUT2D eigenvalue weighted by atomic mass is 9.97. The van der Waals surface area contributed by atoms with Crippen LogP contribution < -0.4 is 5.32 Å². The number of aliphatic hydroxyl groups excluding tert-OH is 8. The van der Waals surface area contributed by atoms with Crippen LogP contribution >= 0.6 is 0 Å². The summed E-state index contributed by atoms with van der Waals surface area (Å²) in [6.45, 7) is 2.64. The standard InChI is InChI=1S/C77H125NO13/c1-3-5-7-9-11-13-15-17-19-21-23-25-26-27-28-29-30-31-32-33-34-35-36-37-38-39-40-41-43-45-47-49-51-53-55-57-59-61-69(82)78-65(66(81)60-58-56-54-52-50-48-46-44-42-24-22-20-18-16-14-12-10-8-6-4-2)64-88-76-74(87)72(85)75(68(63-80)90-76)91-77-73(86)71(84)70(83)67(62-79)89-77/h5,7,11,13,17,19,23,25,27-28,30-31,33-34,36-37,39-40,42-45,50,52,58,60,65-68,70-77,79-81,83-87H,3-4,6,8-10,12,14-16,18,20-22,24,26,29,32,35,38,41,46-49,51,53-57,59,61-64H2,1-2H3,(H,78,82)/b7-5-,13-11-,19-17-,25-23-,28-27-,31-30-,34-33-,37-36-,40-39-,44-42+,45-43-,52-50+,60-58+. The molecule has 12 unspecified atom stereocenters. The summed E-state index contributed by atoms with van der Waals surface area (Å²) in [5.41, 5.74) is 0. The van der Waals surface area contributed by atoms with Crippen LogP contribution in [0.3, 0.4) is 0 Å². The van der Waals surface area contributed by atoms with E-state index in [1.165, 1.54) is 64.2 Å².